The van der Waals surface area contributed by atoms with Gasteiger partial charge in [0.2, 0.25) is 0 Å². The molecule has 4 nitrogen and oxygen atoms in total. The fourth-order valence-electron chi connectivity index (χ4n) is 9.98. The number of rotatable bonds is 6. The van der Waals surface area contributed by atoms with E-state index < -0.39 is 0 Å². The summed E-state index contributed by atoms with van der Waals surface area (Å²) in [5.74, 6) is 1.85. The van der Waals surface area contributed by atoms with Crippen molar-refractivity contribution in [3.05, 3.63) is 231 Å². The number of benzene rings is 11. The van der Waals surface area contributed by atoms with Crippen LogP contribution in [0.25, 0.3) is 127 Å². The maximum absolute atomic E-state index is 5.53. The van der Waals surface area contributed by atoms with Gasteiger partial charge in [-0.3, -0.25) is 0 Å². The second-order valence-electron chi connectivity index (χ2n) is 16.7. The molecule has 0 spiro atoms. The quantitative estimate of drug-likeness (QED) is 0.168. The molecule has 4 heteroatoms. The van der Waals surface area contributed by atoms with Crippen LogP contribution in [0.5, 0.6) is 0 Å². The van der Waals surface area contributed by atoms with Gasteiger partial charge in [0.1, 0.15) is 0 Å². The Hall–Kier alpha value is -8.73. The standard InChI is InChI=1S/C61H38N4/c1-2-17-42(18-3-1)52-37-55(61-63-59(50-32-15-25-40-20-7-10-28-46(40)50)62-60(64-61)51-33-16-26-41-21-8-11-29-47(41)51)53(48-31-14-24-39-19-6-9-27-45(39)48)38-58(52)65-56-34-13-12-30-49(56)54-35-43-22-4-5-23-44(43)36-57(54)65/h1-38H. The van der Waals surface area contributed by atoms with Crippen molar-refractivity contribution in [2.24, 2.45) is 0 Å². The van der Waals surface area contributed by atoms with Crippen LogP contribution in [-0.2, 0) is 0 Å². The Balaban J connectivity index is 1.18. The van der Waals surface area contributed by atoms with E-state index in [1.54, 1.807) is 0 Å². The smallest absolute Gasteiger partial charge is 0.164 e. The van der Waals surface area contributed by atoms with Crippen molar-refractivity contribution >= 4 is 64.9 Å². The zero-order valence-electron chi connectivity index (χ0n) is 35.2. The Morgan fingerprint density at radius 2 is 0.692 bits per heavy atom. The van der Waals surface area contributed by atoms with Gasteiger partial charge in [-0.05, 0) is 90.1 Å². The van der Waals surface area contributed by atoms with Crippen molar-refractivity contribution in [2.45, 2.75) is 0 Å². The van der Waals surface area contributed by atoms with Gasteiger partial charge >= 0.3 is 0 Å². The Morgan fingerprint density at radius 3 is 1.29 bits per heavy atom. The van der Waals surface area contributed by atoms with Gasteiger partial charge in [-0.15, -0.1) is 0 Å². The second kappa shape index (κ2) is 15.0. The lowest BCUT2D eigenvalue weighted by Gasteiger charge is -2.21. The third-order valence-corrected chi connectivity index (χ3v) is 13.0. The molecular weight excluding hydrogens is 789 g/mol. The molecule has 2 heterocycles. The molecule has 65 heavy (non-hydrogen) atoms. The highest BCUT2D eigenvalue weighted by Crippen LogP contribution is 2.45. The lowest BCUT2D eigenvalue weighted by Crippen LogP contribution is -2.04. The number of para-hydroxylation sites is 1. The highest BCUT2D eigenvalue weighted by molar-refractivity contribution is 6.14. The molecule has 0 radical (unpaired) electrons. The summed E-state index contributed by atoms with van der Waals surface area (Å²) in [4.78, 5) is 16.4. The fraction of sp³-hybridized carbons (Fsp3) is 0. The molecule has 0 bridgehead atoms. The fourth-order valence-corrected chi connectivity index (χ4v) is 9.98. The summed E-state index contributed by atoms with van der Waals surface area (Å²) in [6.07, 6.45) is 0. The number of nitrogens with zero attached hydrogens (tertiary/aromatic N) is 4. The topological polar surface area (TPSA) is 43.6 Å². The van der Waals surface area contributed by atoms with Crippen LogP contribution in [0.2, 0.25) is 0 Å². The average molecular weight is 827 g/mol. The van der Waals surface area contributed by atoms with Crippen LogP contribution in [0.4, 0.5) is 0 Å². The normalized spacial score (nSPS) is 11.7. The summed E-state index contributed by atoms with van der Waals surface area (Å²) in [6, 6.07) is 82.5. The minimum Gasteiger partial charge on any atom is -0.309 e. The molecule has 0 amide bonds. The van der Waals surface area contributed by atoms with Crippen LogP contribution in [0.15, 0.2) is 231 Å². The molecular formula is C61H38N4. The van der Waals surface area contributed by atoms with E-state index in [0.29, 0.717) is 17.5 Å². The summed E-state index contributed by atoms with van der Waals surface area (Å²) in [6.45, 7) is 0. The molecule has 0 aliphatic carbocycles. The molecule has 0 saturated heterocycles. The molecule has 0 aliphatic rings. The summed E-state index contributed by atoms with van der Waals surface area (Å²) >= 11 is 0. The van der Waals surface area contributed by atoms with E-state index in [1.165, 1.54) is 21.5 Å². The number of hydrogen-bond donors (Lipinski definition) is 0. The van der Waals surface area contributed by atoms with Crippen LogP contribution >= 0.6 is 0 Å². The van der Waals surface area contributed by atoms with E-state index >= 15 is 0 Å². The Labute approximate surface area is 375 Å². The van der Waals surface area contributed by atoms with Crippen molar-refractivity contribution in [2.75, 3.05) is 0 Å². The molecule has 0 fully saturated rings. The first-order valence-electron chi connectivity index (χ1n) is 22.1. The summed E-state index contributed by atoms with van der Waals surface area (Å²) in [5.41, 5.74) is 10.5. The second-order valence-corrected chi connectivity index (χ2v) is 16.7. The highest BCUT2D eigenvalue weighted by Gasteiger charge is 2.24. The maximum atomic E-state index is 5.53. The van der Waals surface area contributed by atoms with E-state index in [0.717, 1.165) is 88.0 Å². The number of hydrogen-bond acceptors (Lipinski definition) is 3. The molecule has 0 N–H and O–H groups in total. The Kier molecular flexibility index (Phi) is 8.50. The molecule has 0 unspecified atom stereocenters. The first-order valence-corrected chi connectivity index (χ1v) is 22.1. The minimum absolute atomic E-state index is 0.603. The van der Waals surface area contributed by atoms with E-state index in [-0.39, 0.29) is 0 Å². The van der Waals surface area contributed by atoms with Crippen molar-refractivity contribution < 1.29 is 0 Å². The third-order valence-electron chi connectivity index (χ3n) is 13.0. The molecule has 13 aromatic rings. The van der Waals surface area contributed by atoms with Crippen LogP contribution in [0.1, 0.15) is 0 Å². The number of aromatic nitrogens is 4. The zero-order valence-corrected chi connectivity index (χ0v) is 35.2. The van der Waals surface area contributed by atoms with Crippen molar-refractivity contribution in [3.8, 4) is 62.1 Å². The first kappa shape index (κ1) is 36.9. The zero-order chi connectivity index (χ0) is 42.8. The molecule has 11 aromatic carbocycles. The average Bonchev–Trinajstić information content (AvgIpc) is 3.70. The minimum atomic E-state index is 0.603. The van der Waals surface area contributed by atoms with Gasteiger partial charge in [-0.2, -0.15) is 0 Å². The molecule has 13 rings (SSSR count). The van der Waals surface area contributed by atoms with Crippen molar-refractivity contribution in [3.63, 3.8) is 0 Å². The van der Waals surface area contributed by atoms with Gasteiger partial charge in [-0.1, -0.05) is 200 Å². The van der Waals surface area contributed by atoms with E-state index in [4.69, 9.17) is 15.0 Å². The largest absolute Gasteiger partial charge is 0.309 e. The molecule has 0 saturated carbocycles. The van der Waals surface area contributed by atoms with Crippen molar-refractivity contribution in [1.29, 1.82) is 0 Å². The predicted molar refractivity (Wildman–Crippen MR) is 271 cm³/mol. The molecule has 2 aromatic heterocycles. The van der Waals surface area contributed by atoms with Gasteiger partial charge in [0.25, 0.3) is 0 Å². The first-order chi connectivity index (χ1) is 32.2. The van der Waals surface area contributed by atoms with Crippen LogP contribution in [-0.4, -0.2) is 19.5 Å². The van der Waals surface area contributed by atoms with Crippen LogP contribution in [0.3, 0.4) is 0 Å². The lowest BCUT2D eigenvalue weighted by atomic mass is 9.90. The monoisotopic (exact) mass is 826 g/mol. The van der Waals surface area contributed by atoms with Gasteiger partial charge in [0.15, 0.2) is 17.5 Å². The molecule has 0 aliphatic heterocycles. The van der Waals surface area contributed by atoms with E-state index in [9.17, 15) is 0 Å². The van der Waals surface area contributed by atoms with Crippen LogP contribution < -0.4 is 0 Å². The SMILES string of the molecule is c1ccc(-c2cc(-c3nc(-c4cccc5ccccc45)nc(-c4cccc5ccccc45)n3)c(-c3cccc4ccccc34)cc2-n2c3ccccc3c3cc4ccccc4cc32)cc1. The van der Waals surface area contributed by atoms with Gasteiger partial charge < -0.3 is 4.57 Å². The summed E-state index contributed by atoms with van der Waals surface area (Å²) < 4.78 is 2.47. The molecule has 302 valence electrons. The van der Waals surface area contributed by atoms with E-state index in [1.807, 2.05) is 0 Å². The maximum Gasteiger partial charge on any atom is 0.164 e. The van der Waals surface area contributed by atoms with Gasteiger partial charge in [0, 0.05) is 33.0 Å². The van der Waals surface area contributed by atoms with Crippen LogP contribution in [0, 0.1) is 0 Å². The third kappa shape index (κ3) is 6.11. The predicted octanol–water partition coefficient (Wildman–Crippen LogP) is 15.9. The van der Waals surface area contributed by atoms with E-state index in [2.05, 4.69) is 235 Å². The van der Waals surface area contributed by atoms with Gasteiger partial charge in [-0.25, -0.2) is 15.0 Å². The van der Waals surface area contributed by atoms with Crippen molar-refractivity contribution in [1.82, 2.24) is 19.5 Å². The molecule has 0 atom stereocenters. The lowest BCUT2D eigenvalue weighted by molar-refractivity contribution is 1.08. The summed E-state index contributed by atoms with van der Waals surface area (Å²) in [7, 11) is 0. The highest BCUT2D eigenvalue weighted by atomic mass is 15.0. The van der Waals surface area contributed by atoms with Gasteiger partial charge in [0.05, 0.1) is 16.7 Å². The Bertz CT molecular complexity index is 3900. The number of fused-ring (bicyclic) bond motifs is 7. The summed E-state index contributed by atoms with van der Waals surface area (Å²) in [5, 5.41) is 11.6. The Morgan fingerprint density at radius 1 is 0.246 bits per heavy atom.